The highest BCUT2D eigenvalue weighted by molar-refractivity contribution is 8.01. The van der Waals surface area contributed by atoms with Crippen LogP contribution < -0.4 is 5.32 Å². The van der Waals surface area contributed by atoms with E-state index in [2.05, 4.69) is 65.8 Å². The summed E-state index contributed by atoms with van der Waals surface area (Å²) in [5.41, 5.74) is 3.05. The molecule has 1 aromatic carbocycles. The van der Waals surface area contributed by atoms with Gasteiger partial charge in [-0.2, -0.15) is 0 Å². The van der Waals surface area contributed by atoms with Crippen molar-refractivity contribution < 1.29 is 0 Å². The molecule has 0 saturated carbocycles. The number of nitrogens with one attached hydrogen (secondary N) is 1. The number of thioether (sulfide) groups is 1. The fourth-order valence-electron chi connectivity index (χ4n) is 2.99. The zero-order valence-electron chi connectivity index (χ0n) is 11.8. The third-order valence-electron chi connectivity index (χ3n) is 3.88. The van der Waals surface area contributed by atoms with Gasteiger partial charge in [0.05, 0.1) is 4.21 Å². The predicted octanol–water partition coefficient (Wildman–Crippen LogP) is 4.90. The maximum absolute atomic E-state index is 3.73. The van der Waals surface area contributed by atoms with Gasteiger partial charge in [-0.25, -0.2) is 0 Å². The van der Waals surface area contributed by atoms with Crippen LogP contribution in [0.15, 0.2) is 46.0 Å². The lowest BCUT2D eigenvalue weighted by Gasteiger charge is -2.26. The van der Waals surface area contributed by atoms with Gasteiger partial charge in [0.15, 0.2) is 0 Å². The quantitative estimate of drug-likeness (QED) is 0.807. The van der Waals surface area contributed by atoms with Gasteiger partial charge in [0.25, 0.3) is 0 Å². The normalized spacial score (nSPS) is 22.2. The van der Waals surface area contributed by atoms with Crippen molar-refractivity contribution in [1.82, 2.24) is 5.32 Å². The van der Waals surface area contributed by atoms with Crippen LogP contribution in [-0.2, 0) is 6.42 Å². The van der Waals surface area contributed by atoms with Gasteiger partial charge in [-0.1, -0.05) is 37.3 Å². The van der Waals surface area contributed by atoms with Crippen LogP contribution in [0.5, 0.6) is 0 Å². The van der Waals surface area contributed by atoms with Crippen LogP contribution in [-0.4, -0.2) is 11.8 Å². The van der Waals surface area contributed by atoms with Crippen molar-refractivity contribution >= 4 is 23.1 Å². The second-order valence-corrected chi connectivity index (χ2v) is 7.70. The molecule has 1 nitrogen and oxygen atoms in total. The van der Waals surface area contributed by atoms with Gasteiger partial charge in [-0.3, -0.25) is 0 Å². The maximum Gasteiger partial charge on any atom is 0.0601 e. The largest absolute Gasteiger partial charge is 0.309 e. The number of aryl methyl sites for hydroxylation is 1. The van der Waals surface area contributed by atoms with E-state index in [1.165, 1.54) is 34.6 Å². The molecule has 0 aliphatic heterocycles. The molecule has 3 rings (SSSR count). The number of rotatable bonds is 4. The zero-order valence-corrected chi connectivity index (χ0v) is 13.5. The number of fused-ring (bicyclic) bond motifs is 1. The van der Waals surface area contributed by atoms with E-state index in [1.807, 2.05) is 11.3 Å². The summed E-state index contributed by atoms with van der Waals surface area (Å²) < 4.78 is 1.44. The van der Waals surface area contributed by atoms with E-state index in [0.717, 1.165) is 6.54 Å². The first kappa shape index (κ1) is 14.2. The third-order valence-corrected chi connectivity index (χ3v) is 6.30. The summed E-state index contributed by atoms with van der Waals surface area (Å²) in [5.74, 6) is 0. The SMILES string of the molecule is CCNC1c2ccccc2CCCC1Sc1cccs1. The van der Waals surface area contributed by atoms with Crippen LogP contribution in [0.2, 0.25) is 0 Å². The van der Waals surface area contributed by atoms with Gasteiger partial charge in [-0.15, -0.1) is 23.1 Å². The summed E-state index contributed by atoms with van der Waals surface area (Å²) in [6.07, 6.45) is 3.80. The van der Waals surface area contributed by atoms with E-state index in [1.54, 1.807) is 0 Å². The molecular weight excluding hydrogens is 282 g/mol. The first-order valence-corrected chi connectivity index (χ1v) is 9.15. The summed E-state index contributed by atoms with van der Waals surface area (Å²) in [6.45, 7) is 3.24. The Morgan fingerprint density at radius 1 is 1.25 bits per heavy atom. The van der Waals surface area contributed by atoms with Crippen molar-refractivity contribution in [2.75, 3.05) is 6.54 Å². The zero-order chi connectivity index (χ0) is 13.8. The van der Waals surface area contributed by atoms with Crippen LogP contribution >= 0.6 is 23.1 Å². The van der Waals surface area contributed by atoms with Crippen molar-refractivity contribution in [1.29, 1.82) is 0 Å². The summed E-state index contributed by atoms with van der Waals surface area (Å²) in [6, 6.07) is 13.9. The van der Waals surface area contributed by atoms with E-state index in [9.17, 15) is 0 Å². The fraction of sp³-hybridized carbons (Fsp3) is 0.412. The molecule has 2 unspecified atom stereocenters. The molecule has 0 amide bonds. The van der Waals surface area contributed by atoms with Crippen molar-refractivity contribution in [3.05, 3.63) is 52.9 Å². The number of hydrogen-bond donors (Lipinski definition) is 1. The lowest BCUT2D eigenvalue weighted by Crippen LogP contribution is -2.29. The number of benzene rings is 1. The molecule has 3 heteroatoms. The van der Waals surface area contributed by atoms with Gasteiger partial charge in [-0.05, 0) is 48.4 Å². The number of hydrogen-bond acceptors (Lipinski definition) is 3. The van der Waals surface area contributed by atoms with Crippen LogP contribution in [0, 0.1) is 0 Å². The van der Waals surface area contributed by atoms with Crippen molar-refractivity contribution in [3.63, 3.8) is 0 Å². The standard InChI is InChI=1S/C17H21NS2/c1-2-18-17-14-9-4-3-7-13(14)8-5-10-15(17)20-16-11-6-12-19-16/h3-4,6-7,9,11-12,15,17-18H,2,5,8,10H2,1H3. The smallest absolute Gasteiger partial charge is 0.0601 e. The minimum absolute atomic E-state index is 0.478. The monoisotopic (exact) mass is 303 g/mol. The number of thiophene rings is 1. The molecule has 2 atom stereocenters. The molecule has 1 aliphatic rings. The molecule has 106 valence electrons. The van der Waals surface area contributed by atoms with Gasteiger partial charge in [0, 0.05) is 11.3 Å². The van der Waals surface area contributed by atoms with E-state index >= 15 is 0 Å². The topological polar surface area (TPSA) is 12.0 Å². The van der Waals surface area contributed by atoms with Crippen LogP contribution in [0.3, 0.4) is 0 Å². The maximum atomic E-state index is 3.73. The lowest BCUT2D eigenvalue weighted by molar-refractivity contribution is 0.517. The highest BCUT2D eigenvalue weighted by Gasteiger charge is 2.27. The molecule has 0 bridgehead atoms. The summed E-state index contributed by atoms with van der Waals surface area (Å²) in [4.78, 5) is 0. The van der Waals surface area contributed by atoms with Gasteiger partial charge < -0.3 is 5.32 Å². The Labute approximate surface area is 129 Å². The van der Waals surface area contributed by atoms with E-state index in [4.69, 9.17) is 0 Å². The predicted molar refractivity (Wildman–Crippen MR) is 89.8 cm³/mol. The summed E-state index contributed by atoms with van der Waals surface area (Å²) in [7, 11) is 0. The second kappa shape index (κ2) is 6.79. The fourth-order valence-corrected chi connectivity index (χ4v) is 5.32. The molecule has 1 aromatic heterocycles. The minimum Gasteiger partial charge on any atom is -0.309 e. The van der Waals surface area contributed by atoms with E-state index in [-0.39, 0.29) is 0 Å². The minimum atomic E-state index is 0.478. The molecule has 1 aliphatic carbocycles. The van der Waals surface area contributed by atoms with Gasteiger partial charge >= 0.3 is 0 Å². The molecule has 0 saturated heterocycles. The molecule has 0 fully saturated rings. The van der Waals surface area contributed by atoms with E-state index in [0.29, 0.717) is 11.3 Å². The second-order valence-electron chi connectivity index (χ2n) is 5.21. The van der Waals surface area contributed by atoms with Crippen molar-refractivity contribution in [2.24, 2.45) is 0 Å². The van der Waals surface area contributed by atoms with Crippen molar-refractivity contribution in [3.8, 4) is 0 Å². The Morgan fingerprint density at radius 2 is 2.15 bits per heavy atom. The molecule has 2 aromatic rings. The Balaban J connectivity index is 1.89. The average molecular weight is 303 g/mol. The molecule has 20 heavy (non-hydrogen) atoms. The van der Waals surface area contributed by atoms with E-state index < -0.39 is 0 Å². The lowest BCUT2D eigenvalue weighted by atomic mass is 9.99. The first-order valence-electron chi connectivity index (χ1n) is 7.40. The summed E-state index contributed by atoms with van der Waals surface area (Å²) >= 11 is 3.91. The molecular formula is C17H21NS2. The van der Waals surface area contributed by atoms with Crippen LogP contribution in [0.25, 0.3) is 0 Å². The van der Waals surface area contributed by atoms with Gasteiger partial charge in [0.2, 0.25) is 0 Å². The molecule has 1 heterocycles. The Kier molecular flexibility index (Phi) is 4.81. The summed E-state index contributed by atoms with van der Waals surface area (Å²) in [5, 5.41) is 6.54. The average Bonchev–Trinajstić information content (AvgIpc) is 2.91. The third kappa shape index (κ3) is 3.11. The molecule has 0 spiro atoms. The Bertz CT molecular complexity index is 536. The van der Waals surface area contributed by atoms with Crippen molar-refractivity contribution in [2.45, 2.75) is 41.7 Å². The van der Waals surface area contributed by atoms with Crippen LogP contribution in [0.4, 0.5) is 0 Å². The first-order chi connectivity index (χ1) is 9.88. The Hall–Kier alpha value is -0.770. The molecule has 0 radical (unpaired) electrons. The highest BCUT2D eigenvalue weighted by Crippen LogP contribution is 2.40. The molecule has 1 N–H and O–H groups in total. The van der Waals surface area contributed by atoms with Crippen LogP contribution in [0.1, 0.15) is 36.9 Å². The van der Waals surface area contributed by atoms with Gasteiger partial charge in [0.1, 0.15) is 0 Å². The highest BCUT2D eigenvalue weighted by atomic mass is 32.2. The Morgan fingerprint density at radius 3 is 2.95 bits per heavy atom.